The Morgan fingerprint density at radius 3 is 2.41 bits per heavy atom. The number of carbonyl (C=O) groups is 4. The molecule has 0 radical (unpaired) electrons. The van der Waals surface area contributed by atoms with Crippen molar-refractivity contribution in [3.05, 3.63) is 82.9 Å². The second-order valence-electron chi connectivity index (χ2n) is 9.73. The second-order valence-corrected chi connectivity index (χ2v) is 10.7. The van der Waals surface area contributed by atoms with Crippen LogP contribution in [0.3, 0.4) is 0 Å². The number of benzene rings is 3. The first-order valence-electron chi connectivity index (χ1n) is 13.0. The van der Waals surface area contributed by atoms with E-state index in [4.69, 9.17) is 9.47 Å². The zero-order chi connectivity index (χ0) is 29.5. The molecule has 214 valence electrons. The van der Waals surface area contributed by atoms with Gasteiger partial charge in [0.25, 0.3) is 11.8 Å². The van der Waals surface area contributed by atoms with E-state index < -0.39 is 29.3 Å². The Labute approximate surface area is 242 Å². The number of fused-ring (bicyclic) bond motifs is 1. The number of hydrogen-bond donors (Lipinski definition) is 3. The maximum atomic E-state index is 13.3. The van der Waals surface area contributed by atoms with Gasteiger partial charge in [-0.05, 0) is 46.9 Å². The third-order valence-electron chi connectivity index (χ3n) is 6.53. The van der Waals surface area contributed by atoms with Gasteiger partial charge in [0.05, 0.1) is 19.9 Å². The van der Waals surface area contributed by atoms with E-state index >= 15 is 0 Å². The predicted molar refractivity (Wildman–Crippen MR) is 157 cm³/mol. The van der Waals surface area contributed by atoms with E-state index in [-0.39, 0.29) is 17.2 Å². The van der Waals surface area contributed by atoms with Crippen molar-refractivity contribution in [3.8, 4) is 11.5 Å². The fourth-order valence-electron chi connectivity index (χ4n) is 4.56. The summed E-state index contributed by atoms with van der Waals surface area (Å²) in [5.41, 5.74) is 6.14. The molecule has 1 heterocycles. The normalized spacial score (nSPS) is 15.2. The number of urea groups is 1. The van der Waals surface area contributed by atoms with Gasteiger partial charge in [0.2, 0.25) is 0 Å². The molecule has 3 aromatic carbocycles. The molecule has 41 heavy (non-hydrogen) atoms. The Balaban J connectivity index is 1.48. The highest BCUT2D eigenvalue weighted by Crippen LogP contribution is 2.44. The summed E-state index contributed by atoms with van der Waals surface area (Å²) in [6.07, 6.45) is 0.920. The molecule has 0 saturated heterocycles. The summed E-state index contributed by atoms with van der Waals surface area (Å²) in [5.74, 6) is -0.195. The number of methoxy groups -OCH3 is 2. The molecule has 1 aliphatic heterocycles. The van der Waals surface area contributed by atoms with Crippen molar-refractivity contribution in [2.45, 2.75) is 31.7 Å². The first kappa shape index (κ1) is 29.5. The lowest BCUT2D eigenvalue weighted by atomic mass is 10.0. The van der Waals surface area contributed by atoms with Gasteiger partial charge >= 0.3 is 6.03 Å². The summed E-state index contributed by atoms with van der Waals surface area (Å²) in [6, 6.07) is 16.6. The standard InChI is InChI=1S/C30H32N4O6S/c1-18(2)14-24(31-27(36)20-12-13-25(39-3)26(15-20)40-4)28(37)32-33-30(38)34-21(16-35)17-41-29(34)23-11-7-9-19-8-5-6-10-22(19)23/h5-13,15-18,24,29H,14H2,1-4H3,(H,31,36)(H,32,37)(H,33,38)/t24-,29?/m0/s1. The smallest absolute Gasteiger partial charge is 0.341 e. The molecule has 0 saturated carbocycles. The molecule has 0 bridgehead atoms. The fourth-order valence-corrected chi connectivity index (χ4v) is 5.69. The third-order valence-corrected chi connectivity index (χ3v) is 7.63. The summed E-state index contributed by atoms with van der Waals surface area (Å²) < 4.78 is 10.5. The van der Waals surface area contributed by atoms with E-state index in [0.29, 0.717) is 24.2 Å². The number of aldehydes is 1. The molecule has 0 aromatic heterocycles. The van der Waals surface area contributed by atoms with Gasteiger partial charge in [-0.25, -0.2) is 10.2 Å². The van der Waals surface area contributed by atoms with Crippen LogP contribution < -0.4 is 25.6 Å². The lowest BCUT2D eigenvalue weighted by Crippen LogP contribution is -2.55. The summed E-state index contributed by atoms with van der Waals surface area (Å²) in [5, 5.41) is 5.78. The van der Waals surface area contributed by atoms with Crippen molar-refractivity contribution in [1.29, 1.82) is 0 Å². The van der Waals surface area contributed by atoms with Gasteiger partial charge < -0.3 is 14.8 Å². The van der Waals surface area contributed by atoms with Gasteiger partial charge in [-0.1, -0.05) is 56.3 Å². The van der Waals surface area contributed by atoms with Crippen LogP contribution in [0.25, 0.3) is 10.8 Å². The number of ether oxygens (including phenoxy) is 2. The van der Waals surface area contributed by atoms with E-state index in [1.165, 1.54) is 36.9 Å². The van der Waals surface area contributed by atoms with Crippen molar-refractivity contribution in [2.24, 2.45) is 5.92 Å². The first-order valence-corrected chi connectivity index (χ1v) is 13.9. The van der Waals surface area contributed by atoms with Crippen LogP contribution in [0.4, 0.5) is 4.79 Å². The highest BCUT2D eigenvalue weighted by atomic mass is 32.2. The van der Waals surface area contributed by atoms with Crippen molar-refractivity contribution >= 4 is 46.7 Å². The van der Waals surface area contributed by atoms with Crippen molar-refractivity contribution < 1.29 is 28.7 Å². The zero-order valence-electron chi connectivity index (χ0n) is 23.2. The summed E-state index contributed by atoms with van der Waals surface area (Å²) >= 11 is 1.32. The van der Waals surface area contributed by atoms with Crippen LogP contribution >= 0.6 is 11.8 Å². The summed E-state index contributed by atoms with van der Waals surface area (Å²) in [7, 11) is 2.96. The Morgan fingerprint density at radius 1 is 0.976 bits per heavy atom. The zero-order valence-corrected chi connectivity index (χ0v) is 24.0. The molecule has 4 amide bonds. The fraction of sp³-hybridized carbons (Fsp3) is 0.267. The van der Waals surface area contributed by atoms with Crippen LogP contribution in [-0.4, -0.2) is 49.3 Å². The predicted octanol–water partition coefficient (Wildman–Crippen LogP) is 4.53. The van der Waals surface area contributed by atoms with Crippen molar-refractivity contribution in [1.82, 2.24) is 21.1 Å². The molecule has 0 spiro atoms. The number of thioether (sulfide) groups is 1. The average Bonchev–Trinajstić information content (AvgIpc) is 3.42. The number of nitrogens with one attached hydrogen (secondary N) is 3. The van der Waals surface area contributed by atoms with Gasteiger partial charge in [-0.15, -0.1) is 11.8 Å². The van der Waals surface area contributed by atoms with Crippen LogP contribution in [0, 0.1) is 5.92 Å². The molecule has 11 heteroatoms. The van der Waals surface area contributed by atoms with Crippen LogP contribution in [0.1, 0.15) is 41.6 Å². The van der Waals surface area contributed by atoms with Crippen LogP contribution in [-0.2, 0) is 9.59 Å². The molecule has 10 nitrogen and oxygen atoms in total. The van der Waals surface area contributed by atoms with Gasteiger partial charge in [0.15, 0.2) is 17.8 Å². The number of hydrogen-bond acceptors (Lipinski definition) is 7. The quantitative estimate of drug-likeness (QED) is 0.252. The number of allylic oxidation sites excluding steroid dienone is 1. The topological polar surface area (TPSA) is 126 Å². The van der Waals surface area contributed by atoms with Crippen molar-refractivity contribution in [2.75, 3.05) is 14.2 Å². The van der Waals surface area contributed by atoms with Gasteiger partial charge in [0.1, 0.15) is 11.4 Å². The van der Waals surface area contributed by atoms with E-state index in [1.807, 2.05) is 56.3 Å². The average molecular weight is 577 g/mol. The number of rotatable bonds is 9. The Bertz CT molecular complexity index is 1490. The number of carbonyl (C=O) groups excluding carboxylic acids is 4. The third kappa shape index (κ3) is 6.63. The lowest BCUT2D eigenvalue weighted by molar-refractivity contribution is -0.124. The molecule has 1 aliphatic rings. The number of nitrogens with zero attached hydrogens (tertiary/aromatic N) is 1. The van der Waals surface area contributed by atoms with Gasteiger partial charge in [-0.3, -0.25) is 24.7 Å². The Morgan fingerprint density at radius 2 is 1.71 bits per heavy atom. The van der Waals surface area contributed by atoms with Crippen LogP contribution in [0.2, 0.25) is 0 Å². The summed E-state index contributed by atoms with van der Waals surface area (Å²) in [4.78, 5) is 52.6. The Hall–Kier alpha value is -4.51. The monoisotopic (exact) mass is 576 g/mol. The summed E-state index contributed by atoms with van der Waals surface area (Å²) in [6.45, 7) is 3.83. The SMILES string of the molecule is COc1ccc(C(=O)N[C@@H](CC(C)C)C(=O)NNC(=O)N2C(C=O)=CSC2c2cccc3ccccc23)cc1OC. The maximum absolute atomic E-state index is 13.3. The molecule has 3 aromatic rings. The molecule has 4 rings (SSSR count). The highest BCUT2D eigenvalue weighted by Gasteiger charge is 2.35. The van der Waals surface area contributed by atoms with Gasteiger partial charge in [0, 0.05) is 11.0 Å². The first-order chi connectivity index (χ1) is 19.8. The van der Waals surface area contributed by atoms with E-state index in [1.54, 1.807) is 17.5 Å². The Kier molecular flexibility index (Phi) is 9.51. The minimum atomic E-state index is -0.946. The van der Waals surface area contributed by atoms with Crippen LogP contribution in [0.5, 0.6) is 11.5 Å². The second kappa shape index (κ2) is 13.2. The van der Waals surface area contributed by atoms with E-state index in [9.17, 15) is 19.2 Å². The molecule has 0 aliphatic carbocycles. The number of hydrazine groups is 1. The molecular weight excluding hydrogens is 544 g/mol. The maximum Gasteiger partial charge on any atom is 0.341 e. The van der Waals surface area contributed by atoms with E-state index in [2.05, 4.69) is 16.2 Å². The number of amides is 4. The van der Waals surface area contributed by atoms with Crippen molar-refractivity contribution in [3.63, 3.8) is 0 Å². The minimum absolute atomic E-state index is 0.0579. The van der Waals surface area contributed by atoms with Gasteiger partial charge in [-0.2, -0.15) is 0 Å². The molecule has 0 fully saturated rings. The largest absolute Gasteiger partial charge is 0.493 e. The minimum Gasteiger partial charge on any atom is -0.493 e. The molecular formula is C30H32N4O6S. The van der Waals surface area contributed by atoms with Crippen LogP contribution in [0.15, 0.2) is 71.8 Å². The molecule has 3 N–H and O–H groups in total. The lowest BCUT2D eigenvalue weighted by Gasteiger charge is -2.27. The molecule has 2 atom stereocenters. The highest BCUT2D eigenvalue weighted by molar-refractivity contribution is 8.02. The molecule has 1 unspecified atom stereocenters. The van der Waals surface area contributed by atoms with E-state index in [0.717, 1.165) is 16.3 Å².